The highest BCUT2D eigenvalue weighted by atomic mass is 32.2. The first kappa shape index (κ1) is 21.0. The highest BCUT2D eigenvalue weighted by molar-refractivity contribution is 7.89. The van der Waals surface area contributed by atoms with Crippen molar-refractivity contribution in [3.8, 4) is 5.75 Å². The molecule has 29 heavy (non-hydrogen) atoms. The number of hydrogen-bond donors (Lipinski definition) is 1. The molecule has 0 radical (unpaired) electrons. The smallest absolute Gasteiger partial charge is 0.248 e. The average molecular weight is 420 g/mol. The van der Waals surface area contributed by atoms with E-state index in [1.54, 1.807) is 6.07 Å². The fourth-order valence-corrected chi connectivity index (χ4v) is 4.27. The number of ether oxygens (including phenoxy) is 2. The Kier molecular flexibility index (Phi) is 6.63. The number of anilines is 1. The van der Waals surface area contributed by atoms with Gasteiger partial charge in [0.1, 0.15) is 11.6 Å². The Hall–Kier alpha value is -2.75. The predicted octanol–water partition coefficient (Wildman–Crippen LogP) is 2.51. The van der Waals surface area contributed by atoms with Crippen molar-refractivity contribution >= 4 is 27.7 Å². The number of carbonyl (C=O) groups excluding carboxylic acids is 1. The summed E-state index contributed by atoms with van der Waals surface area (Å²) in [7, 11) is -2.30. The van der Waals surface area contributed by atoms with Gasteiger partial charge >= 0.3 is 0 Å². The van der Waals surface area contributed by atoms with Crippen molar-refractivity contribution in [3.05, 3.63) is 59.9 Å². The molecule has 7 nitrogen and oxygen atoms in total. The third-order valence-electron chi connectivity index (χ3n) is 4.31. The first-order chi connectivity index (χ1) is 13.9. The monoisotopic (exact) mass is 420 g/mol. The van der Waals surface area contributed by atoms with E-state index in [1.807, 2.05) is 0 Å². The van der Waals surface area contributed by atoms with Gasteiger partial charge < -0.3 is 14.8 Å². The maximum absolute atomic E-state index is 13.2. The number of methoxy groups -OCH3 is 1. The number of morpholine rings is 1. The first-order valence-corrected chi connectivity index (χ1v) is 10.3. The van der Waals surface area contributed by atoms with Crippen LogP contribution in [0.4, 0.5) is 10.1 Å². The number of nitrogens with one attached hydrogen (secondary N) is 1. The number of amides is 1. The van der Waals surface area contributed by atoms with Crippen molar-refractivity contribution in [1.82, 2.24) is 4.31 Å². The zero-order valence-electron chi connectivity index (χ0n) is 15.8. The van der Waals surface area contributed by atoms with Crippen LogP contribution in [0.1, 0.15) is 5.56 Å². The van der Waals surface area contributed by atoms with E-state index in [0.29, 0.717) is 24.5 Å². The molecular weight excluding hydrogens is 399 g/mol. The van der Waals surface area contributed by atoms with Gasteiger partial charge in [0, 0.05) is 19.2 Å². The molecule has 0 bridgehead atoms. The van der Waals surface area contributed by atoms with Crippen LogP contribution in [0, 0.1) is 5.82 Å². The van der Waals surface area contributed by atoms with E-state index < -0.39 is 21.7 Å². The van der Waals surface area contributed by atoms with E-state index in [4.69, 9.17) is 9.47 Å². The molecule has 0 aliphatic carbocycles. The van der Waals surface area contributed by atoms with Gasteiger partial charge in [-0.3, -0.25) is 4.79 Å². The van der Waals surface area contributed by atoms with E-state index in [1.165, 1.54) is 60.0 Å². The minimum Gasteiger partial charge on any atom is -0.495 e. The van der Waals surface area contributed by atoms with Crippen LogP contribution in [-0.2, 0) is 19.6 Å². The Morgan fingerprint density at radius 2 is 1.97 bits per heavy atom. The lowest BCUT2D eigenvalue weighted by molar-refractivity contribution is -0.111. The second-order valence-electron chi connectivity index (χ2n) is 6.26. The fourth-order valence-electron chi connectivity index (χ4n) is 2.84. The van der Waals surface area contributed by atoms with Crippen molar-refractivity contribution in [1.29, 1.82) is 0 Å². The van der Waals surface area contributed by atoms with E-state index in [0.717, 1.165) is 0 Å². The Balaban J connectivity index is 1.81. The number of rotatable bonds is 6. The zero-order valence-corrected chi connectivity index (χ0v) is 16.6. The Labute approximate surface area is 168 Å². The molecule has 1 amide bonds. The lowest BCUT2D eigenvalue weighted by Crippen LogP contribution is -2.40. The van der Waals surface area contributed by atoms with E-state index in [2.05, 4.69) is 5.32 Å². The Morgan fingerprint density at radius 3 is 2.66 bits per heavy atom. The fraction of sp³-hybridized carbons (Fsp3) is 0.250. The minimum atomic E-state index is -3.72. The van der Waals surface area contributed by atoms with Crippen LogP contribution >= 0.6 is 0 Å². The van der Waals surface area contributed by atoms with Crippen LogP contribution in [0.3, 0.4) is 0 Å². The van der Waals surface area contributed by atoms with Crippen LogP contribution in [0.25, 0.3) is 6.08 Å². The first-order valence-electron chi connectivity index (χ1n) is 8.91. The second-order valence-corrected chi connectivity index (χ2v) is 8.19. The van der Waals surface area contributed by atoms with Gasteiger partial charge in [0.2, 0.25) is 15.9 Å². The van der Waals surface area contributed by atoms with Crippen LogP contribution in [0.2, 0.25) is 0 Å². The van der Waals surface area contributed by atoms with Crippen LogP contribution in [0.5, 0.6) is 5.75 Å². The lowest BCUT2D eigenvalue weighted by Gasteiger charge is -2.26. The van der Waals surface area contributed by atoms with Crippen LogP contribution in [0.15, 0.2) is 53.4 Å². The standard InChI is InChI=1S/C20H21FN2O5S/c1-27-19-7-6-17(29(25,26)23-9-11-28-12-10-23)14-18(19)22-20(24)8-5-15-3-2-4-16(21)13-15/h2-8,13-14H,9-12H2,1H3,(H,22,24)/b8-5+. The van der Waals surface area contributed by atoms with E-state index in [-0.39, 0.29) is 23.7 Å². The summed E-state index contributed by atoms with van der Waals surface area (Å²) in [6.45, 7) is 1.21. The van der Waals surface area contributed by atoms with E-state index >= 15 is 0 Å². The molecule has 1 heterocycles. The molecule has 1 saturated heterocycles. The number of carbonyl (C=O) groups is 1. The summed E-state index contributed by atoms with van der Waals surface area (Å²) in [5, 5.41) is 2.61. The Bertz CT molecular complexity index is 1020. The molecule has 1 N–H and O–H groups in total. The molecule has 154 valence electrons. The van der Waals surface area contributed by atoms with Gasteiger partial charge in [-0.2, -0.15) is 4.31 Å². The van der Waals surface area contributed by atoms with Crippen LogP contribution in [-0.4, -0.2) is 52.0 Å². The molecule has 0 unspecified atom stereocenters. The second kappa shape index (κ2) is 9.17. The lowest BCUT2D eigenvalue weighted by atomic mass is 10.2. The van der Waals surface area contributed by atoms with Crippen molar-refractivity contribution in [3.63, 3.8) is 0 Å². The molecule has 0 saturated carbocycles. The van der Waals surface area contributed by atoms with Crippen LogP contribution < -0.4 is 10.1 Å². The molecule has 3 rings (SSSR count). The van der Waals surface area contributed by atoms with Gasteiger partial charge in [0.05, 0.1) is 30.9 Å². The summed E-state index contributed by atoms with van der Waals surface area (Å²) < 4.78 is 50.7. The maximum atomic E-state index is 13.2. The molecule has 0 aromatic heterocycles. The average Bonchev–Trinajstić information content (AvgIpc) is 2.73. The minimum absolute atomic E-state index is 0.0459. The molecule has 1 aliphatic rings. The van der Waals surface area contributed by atoms with Gasteiger partial charge in [-0.15, -0.1) is 0 Å². The molecule has 1 aliphatic heterocycles. The summed E-state index contributed by atoms with van der Waals surface area (Å²) in [6, 6.07) is 10.1. The topological polar surface area (TPSA) is 84.9 Å². The van der Waals surface area contributed by atoms with E-state index in [9.17, 15) is 17.6 Å². The normalized spacial score (nSPS) is 15.4. The summed E-state index contributed by atoms with van der Waals surface area (Å²) >= 11 is 0. The largest absolute Gasteiger partial charge is 0.495 e. The highest BCUT2D eigenvalue weighted by Gasteiger charge is 2.27. The van der Waals surface area contributed by atoms with Crippen molar-refractivity contribution < 1.29 is 27.1 Å². The number of benzene rings is 2. The quantitative estimate of drug-likeness (QED) is 0.726. The van der Waals surface area contributed by atoms with Crippen molar-refractivity contribution in [2.45, 2.75) is 4.90 Å². The number of sulfonamides is 1. The van der Waals surface area contributed by atoms with Gasteiger partial charge in [0.15, 0.2) is 0 Å². The van der Waals surface area contributed by atoms with Crippen molar-refractivity contribution in [2.75, 3.05) is 38.7 Å². The Morgan fingerprint density at radius 1 is 1.21 bits per heavy atom. The van der Waals surface area contributed by atoms with Crippen molar-refractivity contribution in [2.24, 2.45) is 0 Å². The SMILES string of the molecule is COc1ccc(S(=O)(=O)N2CCOCC2)cc1NC(=O)/C=C/c1cccc(F)c1. The van der Waals surface area contributed by atoms with Gasteiger partial charge in [-0.1, -0.05) is 12.1 Å². The summed E-state index contributed by atoms with van der Waals surface area (Å²) in [5.41, 5.74) is 0.742. The molecular formula is C20H21FN2O5S. The van der Waals surface area contributed by atoms with Gasteiger partial charge in [-0.25, -0.2) is 12.8 Å². The third-order valence-corrected chi connectivity index (χ3v) is 6.21. The molecule has 0 spiro atoms. The maximum Gasteiger partial charge on any atom is 0.248 e. The molecule has 1 fully saturated rings. The summed E-state index contributed by atoms with van der Waals surface area (Å²) in [6.07, 6.45) is 2.69. The number of hydrogen-bond acceptors (Lipinski definition) is 5. The highest BCUT2D eigenvalue weighted by Crippen LogP contribution is 2.29. The summed E-state index contributed by atoms with van der Waals surface area (Å²) in [5.74, 6) is -0.595. The number of halogens is 1. The third kappa shape index (κ3) is 5.20. The molecule has 0 atom stereocenters. The zero-order chi connectivity index (χ0) is 20.9. The molecule has 2 aromatic rings. The summed E-state index contributed by atoms with van der Waals surface area (Å²) in [4.78, 5) is 12.3. The van der Waals surface area contributed by atoms with Gasteiger partial charge in [-0.05, 0) is 42.0 Å². The predicted molar refractivity (Wildman–Crippen MR) is 107 cm³/mol. The molecule has 9 heteroatoms. The van der Waals surface area contributed by atoms with Gasteiger partial charge in [0.25, 0.3) is 0 Å². The molecule has 2 aromatic carbocycles. The number of nitrogens with zero attached hydrogens (tertiary/aromatic N) is 1.